The van der Waals surface area contributed by atoms with Gasteiger partial charge in [-0.25, -0.2) is 0 Å². The summed E-state index contributed by atoms with van der Waals surface area (Å²) < 4.78 is 13.5. The van der Waals surface area contributed by atoms with Crippen LogP contribution < -0.4 is 9.47 Å². The molecule has 3 aliphatic rings. The van der Waals surface area contributed by atoms with Crippen LogP contribution in [0.2, 0.25) is 0 Å². The van der Waals surface area contributed by atoms with Gasteiger partial charge >= 0.3 is 0 Å². The Morgan fingerprint density at radius 1 is 0.692 bits per heavy atom. The molecule has 0 unspecified atom stereocenters. The highest BCUT2D eigenvalue weighted by Crippen LogP contribution is 2.32. The predicted molar refractivity (Wildman–Crippen MR) is 158 cm³/mol. The quantitative estimate of drug-likeness (QED) is 0.416. The monoisotopic (exact) mass is 531 g/mol. The molecule has 39 heavy (non-hydrogen) atoms. The molecule has 0 saturated carbocycles. The second kappa shape index (κ2) is 11.9. The zero-order valence-corrected chi connectivity index (χ0v) is 24.1. The van der Waals surface area contributed by atoms with E-state index in [1.54, 1.807) is 0 Å². The minimum absolute atomic E-state index is 0.343. The van der Waals surface area contributed by atoms with Gasteiger partial charge in [-0.1, -0.05) is 12.1 Å². The highest BCUT2D eigenvalue weighted by atomic mass is 16.7. The van der Waals surface area contributed by atoms with E-state index in [1.165, 1.54) is 72.4 Å². The Morgan fingerprint density at radius 3 is 2.21 bits per heavy atom. The number of fused-ring (bicyclic) bond motifs is 2. The number of rotatable bonds is 9. The molecule has 0 radical (unpaired) electrons. The fraction of sp³-hybridized carbons (Fsp3) is 0.562. The molecule has 210 valence electrons. The summed E-state index contributed by atoms with van der Waals surface area (Å²) in [7, 11) is 2.23. The summed E-state index contributed by atoms with van der Waals surface area (Å²) in [6.45, 7) is 18.7. The van der Waals surface area contributed by atoms with Crippen LogP contribution in [0, 0.1) is 13.8 Å². The normalized spacial score (nSPS) is 19.4. The zero-order valence-electron chi connectivity index (χ0n) is 24.1. The molecule has 7 heteroatoms. The molecule has 0 atom stereocenters. The van der Waals surface area contributed by atoms with Gasteiger partial charge in [0.15, 0.2) is 11.5 Å². The van der Waals surface area contributed by atoms with Crippen LogP contribution in [0.1, 0.15) is 28.8 Å². The maximum Gasteiger partial charge on any atom is 0.231 e. The van der Waals surface area contributed by atoms with E-state index in [4.69, 9.17) is 9.47 Å². The van der Waals surface area contributed by atoms with Crippen molar-refractivity contribution in [3.05, 3.63) is 58.8 Å². The lowest BCUT2D eigenvalue weighted by molar-refractivity contribution is 0.128. The van der Waals surface area contributed by atoms with Crippen molar-refractivity contribution in [1.82, 2.24) is 24.2 Å². The predicted octanol–water partition coefficient (Wildman–Crippen LogP) is 3.98. The number of nitrogens with zero attached hydrogens (tertiary/aromatic N) is 5. The zero-order chi connectivity index (χ0) is 26.8. The smallest absolute Gasteiger partial charge is 0.231 e. The number of aryl methyl sites for hydroxylation is 2. The van der Waals surface area contributed by atoms with Crippen molar-refractivity contribution in [3.63, 3.8) is 0 Å². The lowest BCUT2D eigenvalue weighted by atomic mass is 10.1. The van der Waals surface area contributed by atoms with Gasteiger partial charge in [0.05, 0.1) is 0 Å². The fourth-order valence-corrected chi connectivity index (χ4v) is 6.42. The van der Waals surface area contributed by atoms with Crippen LogP contribution in [0.4, 0.5) is 0 Å². The van der Waals surface area contributed by atoms with Gasteiger partial charge in [0.2, 0.25) is 6.79 Å². The number of hydrogen-bond donors (Lipinski definition) is 0. The van der Waals surface area contributed by atoms with Crippen molar-refractivity contribution in [2.45, 2.75) is 39.8 Å². The van der Waals surface area contributed by atoms with Crippen molar-refractivity contribution < 1.29 is 9.47 Å². The largest absolute Gasteiger partial charge is 0.454 e. The van der Waals surface area contributed by atoms with Crippen molar-refractivity contribution in [2.24, 2.45) is 0 Å². The summed E-state index contributed by atoms with van der Waals surface area (Å²) in [6, 6.07) is 13.6. The molecular weight excluding hydrogens is 486 g/mol. The lowest BCUT2D eigenvalue weighted by Crippen LogP contribution is -2.46. The molecular formula is C32H45N5O2. The van der Waals surface area contributed by atoms with E-state index in [2.05, 4.69) is 75.4 Å². The van der Waals surface area contributed by atoms with Gasteiger partial charge < -0.3 is 28.7 Å². The first-order chi connectivity index (χ1) is 19.0. The van der Waals surface area contributed by atoms with Crippen molar-refractivity contribution in [2.75, 3.05) is 79.3 Å². The van der Waals surface area contributed by atoms with Gasteiger partial charge in [0.1, 0.15) is 0 Å². The molecule has 3 aromatic rings. The van der Waals surface area contributed by atoms with Crippen LogP contribution in [0.15, 0.2) is 36.4 Å². The molecule has 0 amide bonds. The Labute approximate surface area is 233 Å². The Balaban J connectivity index is 0.997. The summed E-state index contributed by atoms with van der Waals surface area (Å²) in [4.78, 5) is 10.3. The van der Waals surface area contributed by atoms with Gasteiger partial charge in [-0.2, -0.15) is 0 Å². The van der Waals surface area contributed by atoms with Gasteiger partial charge in [-0.05, 0) is 81.2 Å². The first kappa shape index (κ1) is 26.6. The van der Waals surface area contributed by atoms with Crippen LogP contribution in [0.5, 0.6) is 11.5 Å². The third-order valence-corrected chi connectivity index (χ3v) is 9.18. The minimum Gasteiger partial charge on any atom is -0.454 e. The van der Waals surface area contributed by atoms with E-state index in [0.29, 0.717) is 6.79 Å². The Kier molecular flexibility index (Phi) is 8.12. The van der Waals surface area contributed by atoms with E-state index in [1.807, 2.05) is 6.07 Å². The molecule has 0 aliphatic carbocycles. The van der Waals surface area contributed by atoms with Crippen molar-refractivity contribution in [3.8, 4) is 11.5 Å². The van der Waals surface area contributed by atoms with Gasteiger partial charge in [0, 0.05) is 88.6 Å². The minimum atomic E-state index is 0.343. The van der Waals surface area contributed by atoms with Gasteiger partial charge in [-0.15, -0.1) is 0 Å². The maximum atomic E-state index is 5.54. The highest BCUT2D eigenvalue weighted by molar-refractivity contribution is 5.86. The second-order valence-electron chi connectivity index (χ2n) is 11.8. The number of ether oxygens (including phenoxy) is 2. The van der Waals surface area contributed by atoms with Crippen LogP contribution in [0.3, 0.4) is 0 Å². The standard InChI is InChI=1S/C32H45N5O2/c1-25-26(2)37(11-4-10-34-15-13-33(3)14-16-34)30-7-5-28(21-29(25)30)23-36-19-17-35(18-20-36)12-9-27-6-8-31-32(22-27)39-24-38-31/h5-8,21-22H,4,9-20,23-24H2,1-3H3. The van der Waals surface area contributed by atoms with Crippen LogP contribution in [-0.4, -0.2) is 103 Å². The number of hydrogen-bond acceptors (Lipinski definition) is 6. The average molecular weight is 532 g/mol. The van der Waals surface area contributed by atoms with E-state index >= 15 is 0 Å². The SMILES string of the molecule is Cc1c(C)n(CCCN2CCN(C)CC2)c2ccc(CN3CCN(CCc4ccc5c(c4)OCO5)CC3)cc12. The number of likely N-dealkylation sites (N-methyl/N-ethyl adjacent to an activating group) is 1. The molecule has 3 aliphatic heterocycles. The third-order valence-electron chi connectivity index (χ3n) is 9.18. The molecule has 7 nitrogen and oxygen atoms in total. The molecule has 0 N–H and O–H groups in total. The summed E-state index contributed by atoms with van der Waals surface area (Å²) in [5, 5.41) is 1.44. The number of piperazine rings is 2. The first-order valence-electron chi connectivity index (χ1n) is 14.9. The lowest BCUT2D eigenvalue weighted by Gasteiger charge is -2.34. The molecule has 2 saturated heterocycles. The van der Waals surface area contributed by atoms with E-state index in [-0.39, 0.29) is 0 Å². The van der Waals surface area contributed by atoms with E-state index in [0.717, 1.165) is 63.7 Å². The molecule has 2 aromatic carbocycles. The van der Waals surface area contributed by atoms with Crippen LogP contribution >= 0.6 is 0 Å². The average Bonchev–Trinajstić information content (AvgIpc) is 3.52. The molecule has 6 rings (SSSR count). The first-order valence-corrected chi connectivity index (χ1v) is 14.9. The molecule has 2 fully saturated rings. The van der Waals surface area contributed by atoms with Crippen LogP contribution in [-0.2, 0) is 19.5 Å². The third kappa shape index (κ3) is 6.12. The summed E-state index contributed by atoms with van der Waals surface area (Å²) in [5.74, 6) is 1.76. The molecule has 0 spiro atoms. The topological polar surface area (TPSA) is 36.4 Å². The van der Waals surface area contributed by atoms with Crippen molar-refractivity contribution >= 4 is 10.9 Å². The van der Waals surface area contributed by atoms with Crippen molar-refractivity contribution in [1.29, 1.82) is 0 Å². The fourth-order valence-electron chi connectivity index (χ4n) is 6.42. The molecule has 4 heterocycles. The van der Waals surface area contributed by atoms with E-state index in [9.17, 15) is 0 Å². The van der Waals surface area contributed by atoms with Gasteiger partial charge in [0.25, 0.3) is 0 Å². The van der Waals surface area contributed by atoms with Gasteiger partial charge in [-0.3, -0.25) is 4.90 Å². The number of aromatic nitrogens is 1. The summed E-state index contributed by atoms with van der Waals surface area (Å²) in [6.07, 6.45) is 2.27. The summed E-state index contributed by atoms with van der Waals surface area (Å²) in [5.41, 5.74) is 7.04. The highest BCUT2D eigenvalue weighted by Gasteiger charge is 2.19. The Morgan fingerprint density at radius 2 is 1.38 bits per heavy atom. The summed E-state index contributed by atoms with van der Waals surface area (Å²) >= 11 is 0. The van der Waals surface area contributed by atoms with Crippen LogP contribution in [0.25, 0.3) is 10.9 Å². The molecule has 0 bridgehead atoms. The Hall–Kier alpha value is -2.58. The number of benzene rings is 2. The van der Waals surface area contributed by atoms with E-state index < -0.39 is 0 Å². The second-order valence-corrected chi connectivity index (χ2v) is 11.8. The maximum absolute atomic E-state index is 5.54. The Bertz CT molecular complexity index is 1270. The molecule has 1 aromatic heterocycles.